The Morgan fingerprint density at radius 2 is 1.60 bits per heavy atom. The third kappa shape index (κ3) is 2.74. The number of para-hydroxylation sites is 1. The van der Waals surface area contributed by atoms with Crippen LogP contribution in [0.3, 0.4) is 0 Å². The molecule has 0 saturated carbocycles. The molecular weight excluding hydrogens is 273 g/mol. The Bertz CT molecular complexity index is 453. The van der Waals surface area contributed by atoms with Gasteiger partial charge in [-0.3, -0.25) is 0 Å². The van der Waals surface area contributed by atoms with Gasteiger partial charge in [0, 0.05) is 15.2 Å². The number of halogens is 2. The van der Waals surface area contributed by atoms with Gasteiger partial charge < -0.3 is 5.32 Å². The van der Waals surface area contributed by atoms with E-state index in [0.29, 0.717) is 0 Å². The van der Waals surface area contributed by atoms with E-state index in [1.165, 1.54) is 0 Å². The van der Waals surface area contributed by atoms with Crippen LogP contribution in [0.25, 0.3) is 0 Å². The molecule has 0 unspecified atom stereocenters. The lowest BCUT2D eigenvalue weighted by Crippen LogP contribution is -1.90. The Morgan fingerprint density at radius 3 is 2.27 bits per heavy atom. The van der Waals surface area contributed by atoms with Crippen LogP contribution in [0.1, 0.15) is 0 Å². The first kappa shape index (κ1) is 10.5. The molecule has 0 bridgehead atoms. The summed E-state index contributed by atoms with van der Waals surface area (Å²) in [5.41, 5.74) is 2.06. The standard InChI is InChI=1S/C12H9BrClN/c13-11-3-1-2-4-12(11)15-10-7-5-9(14)6-8-10/h1-8,15H. The van der Waals surface area contributed by atoms with Crippen LogP contribution >= 0.6 is 27.5 Å². The minimum atomic E-state index is 0.743. The van der Waals surface area contributed by atoms with Crippen LogP contribution in [0.5, 0.6) is 0 Å². The van der Waals surface area contributed by atoms with E-state index in [1.807, 2.05) is 48.5 Å². The summed E-state index contributed by atoms with van der Waals surface area (Å²) >= 11 is 9.29. The summed E-state index contributed by atoms with van der Waals surface area (Å²) in [5.74, 6) is 0. The highest BCUT2D eigenvalue weighted by Gasteiger charge is 1.98. The van der Waals surface area contributed by atoms with Gasteiger partial charge in [-0.2, -0.15) is 0 Å². The maximum atomic E-state index is 5.81. The molecule has 0 aliphatic heterocycles. The molecule has 0 spiro atoms. The molecule has 0 atom stereocenters. The van der Waals surface area contributed by atoms with E-state index < -0.39 is 0 Å². The Labute approximate surface area is 102 Å². The number of benzene rings is 2. The fourth-order valence-corrected chi connectivity index (χ4v) is 1.76. The lowest BCUT2D eigenvalue weighted by Gasteiger charge is -2.07. The summed E-state index contributed by atoms with van der Waals surface area (Å²) < 4.78 is 1.04. The Hall–Kier alpha value is -0.990. The van der Waals surface area contributed by atoms with Gasteiger partial charge in [0.05, 0.1) is 5.69 Å². The topological polar surface area (TPSA) is 12.0 Å². The van der Waals surface area contributed by atoms with Crippen molar-refractivity contribution in [2.24, 2.45) is 0 Å². The minimum absolute atomic E-state index is 0.743. The van der Waals surface area contributed by atoms with Crippen molar-refractivity contribution >= 4 is 38.9 Å². The second-order valence-corrected chi connectivity index (χ2v) is 4.40. The molecule has 2 aromatic carbocycles. The normalized spacial score (nSPS) is 10.0. The third-order valence-corrected chi connectivity index (χ3v) is 2.94. The summed E-state index contributed by atoms with van der Waals surface area (Å²) in [4.78, 5) is 0. The highest BCUT2D eigenvalue weighted by Crippen LogP contribution is 2.25. The van der Waals surface area contributed by atoms with E-state index in [9.17, 15) is 0 Å². The van der Waals surface area contributed by atoms with Gasteiger partial charge in [-0.05, 0) is 52.3 Å². The van der Waals surface area contributed by atoms with Crippen molar-refractivity contribution in [3.05, 3.63) is 58.0 Å². The first-order chi connectivity index (χ1) is 7.25. The van der Waals surface area contributed by atoms with Crippen LogP contribution in [0, 0.1) is 0 Å². The van der Waals surface area contributed by atoms with E-state index in [-0.39, 0.29) is 0 Å². The number of hydrogen-bond donors (Lipinski definition) is 1. The molecule has 0 fully saturated rings. The van der Waals surface area contributed by atoms with Crippen molar-refractivity contribution in [2.75, 3.05) is 5.32 Å². The van der Waals surface area contributed by atoms with Gasteiger partial charge in [-0.25, -0.2) is 0 Å². The quantitative estimate of drug-likeness (QED) is 0.830. The fourth-order valence-electron chi connectivity index (χ4n) is 1.25. The largest absolute Gasteiger partial charge is 0.355 e. The van der Waals surface area contributed by atoms with Gasteiger partial charge in [0.2, 0.25) is 0 Å². The number of anilines is 2. The second kappa shape index (κ2) is 4.69. The fraction of sp³-hybridized carbons (Fsp3) is 0. The molecule has 0 amide bonds. The summed E-state index contributed by atoms with van der Waals surface area (Å²) in [6, 6.07) is 15.6. The number of nitrogens with one attached hydrogen (secondary N) is 1. The van der Waals surface area contributed by atoms with Crippen LogP contribution in [0.15, 0.2) is 53.0 Å². The van der Waals surface area contributed by atoms with Crippen molar-refractivity contribution in [3.63, 3.8) is 0 Å². The van der Waals surface area contributed by atoms with Crippen LogP contribution in [0.4, 0.5) is 11.4 Å². The lowest BCUT2D eigenvalue weighted by atomic mass is 10.3. The average molecular weight is 283 g/mol. The molecule has 2 rings (SSSR count). The van der Waals surface area contributed by atoms with Crippen molar-refractivity contribution in [3.8, 4) is 0 Å². The molecule has 76 valence electrons. The van der Waals surface area contributed by atoms with Gasteiger partial charge in [-0.1, -0.05) is 23.7 Å². The van der Waals surface area contributed by atoms with Gasteiger partial charge >= 0.3 is 0 Å². The van der Waals surface area contributed by atoms with Crippen molar-refractivity contribution < 1.29 is 0 Å². The molecule has 1 nitrogen and oxygen atoms in total. The van der Waals surface area contributed by atoms with Gasteiger partial charge in [0.1, 0.15) is 0 Å². The van der Waals surface area contributed by atoms with Gasteiger partial charge in [-0.15, -0.1) is 0 Å². The highest BCUT2D eigenvalue weighted by molar-refractivity contribution is 9.10. The molecular formula is C12H9BrClN. The van der Waals surface area contributed by atoms with E-state index >= 15 is 0 Å². The predicted octanol–water partition coefficient (Wildman–Crippen LogP) is 4.85. The molecule has 15 heavy (non-hydrogen) atoms. The van der Waals surface area contributed by atoms with Crippen molar-refractivity contribution in [1.29, 1.82) is 0 Å². The molecule has 0 aromatic heterocycles. The Kier molecular flexibility index (Phi) is 3.29. The maximum absolute atomic E-state index is 5.81. The van der Waals surface area contributed by atoms with Crippen molar-refractivity contribution in [1.82, 2.24) is 0 Å². The van der Waals surface area contributed by atoms with Crippen LogP contribution < -0.4 is 5.32 Å². The van der Waals surface area contributed by atoms with E-state index in [1.54, 1.807) is 0 Å². The zero-order chi connectivity index (χ0) is 10.7. The minimum Gasteiger partial charge on any atom is -0.355 e. The first-order valence-electron chi connectivity index (χ1n) is 4.53. The summed E-state index contributed by atoms with van der Waals surface area (Å²) in [5, 5.41) is 4.04. The molecule has 0 radical (unpaired) electrons. The van der Waals surface area contributed by atoms with Crippen molar-refractivity contribution in [2.45, 2.75) is 0 Å². The van der Waals surface area contributed by atoms with Crippen LogP contribution in [-0.2, 0) is 0 Å². The zero-order valence-electron chi connectivity index (χ0n) is 7.87. The molecule has 0 aliphatic carbocycles. The monoisotopic (exact) mass is 281 g/mol. The first-order valence-corrected chi connectivity index (χ1v) is 5.70. The Balaban J connectivity index is 2.22. The van der Waals surface area contributed by atoms with Gasteiger partial charge in [0.25, 0.3) is 0 Å². The van der Waals surface area contributed by atoms with E-state index in [4.69, 9.17) is 11.6 Å². The SMILES string of the molecule is Clc1ccc(Nc2ccccc2Br)cc1. The number of hydrogen-bond acceptors (Lipinski definition) is 1. The predicted molar refractivity (Wildman–Crippen MR) is 68.9 cm³/mol. The van der Waals surface area contributed by atoms with Crippen LogP contribution in [0.2, 0.25) is 5.02 Å². The Morgan fingerprint density at radius 1 is 0.933 bits per heavy atom. The molecule has 0 heterocycles. The van der Waals surface area contributed by atoms with E-state index in [2.05, 4.69) is 21.2 Å². The average Bonchev–Trinajstić information content (AvgIpc) is 2.25. The summed E-state index contributed by atoms with van der Waals surface area (Å²) in [6.07, 6.45) is 0. The summed E-state index contributed by atoms with van der Waals surface area (Å²) in [7, 11) is 0. The molecule has 0 saturated heterocycles. The van der Waals surface area contributed by atoms with E-state index in [0.717, 1.165) is 20.9 Å². The summed E-state index contributed by atoms with van der Waals surface area (Å²) in [6.45, 7) is 0. The molecule has 0 aliphatic rings. The highest BCUT2D eigenvalue weighted by atomic mass is 79.9. The zero-order valence-corrected chi connectivity index (χ0v) is 10.2. The third-order valence-electron chi connectivity index (χ3n) is 2.00. The van der Waals surface area contributed by atoms with Gasteiger partial charge in [0.15, 0.2) is 0 Å². The van der Waals surface area contributed by atoms with Crippen LogP contribution in [-0.4, -0.2) is 0 Å². The second-order valence-electron chi connectivity index (χ2n) is 3.11. The lowest BCUT2D eigenvalue weighted by molar-refractivity contribution is 1.52. The molecule has 1 N–H and O–H groups in total. The maximum Gasteiger partial charge on any atom is 0.0528 e. The molecule has 2 aromatic rings. The smallest absolute Gasteiger partial charge is 0.0528 e. The molecule has 3 heteroatoms. The number of rotatable bonds is 2.